The third kappa shape index (κ3) is 6.70. The van der Waals surface area contributed by atoms with Crippen LogP contribution in [0.3, 0.4) is 0 Å². The van der Waals surface area contributed by atoms with Crippen molar-refractivity contribution in [3.05, 3.63) is 48.5 Å². The fourth-order valence-corrected chi connectivity index (χ4v) is 2.45. The van der Waals surface area contributed by atoms with E-state index in [0.717, 1.165) is 17.0 Å². The van der Waals surface area contributed by atoms with Crippen LogP contribution in [-0.4, -0.2) is 24.1 Å². The molecule has 0 aliphatic carbocycles. The Morgan fingerprint density at radius 3 is 2.32 bits per heavy atom. The molecule has 1 amide bonds. The Balaban J connectivity index is 1.84. The van der Waals surface area contributed by atoms with Crippen molar-refractivity contribution in [2.75, 3.05) is 11.1 Å². The van der Waals surface area contributed by atoms with Crippen molar-refractivity contribution in [2.24, 2.45) is 4.99 Å². The number of anilines is 1. The molecule has 0 saturated heterocycles. The first-order valence-electron chi connectivity index (χ1n) is 6.82. The predicted molar refractivity (Wildman–Crippen MR) is 86.7 cm³/mol. The van der Waals surface area contributed by atoms with E-state index in [4.69, 9.17) is 0 Å². The lowest BCUT2D eigenvalue weighted by atomic mass is 10.3. The number of hydrogen-bond donors (Lipinski definition) is 1. The van der Waals surface area contributed by atoms with Crippen LogP contribution in [0.15, 0.2) is 58.4 Å². The van der Waals surface area contributed by atoms with Gasteiger partial charge in [0.2, 0.25) is 12.0 Å². The highest BCUT2D eigenvalue weighted by molar-refractivity contribution is 8.00. The molecular formula is C16H11F3N2O3S. The van der Waals surface area contributed by atoms with Gasteiger partial charge in [-0.25, -0.2) is 4.79 Å². The first kappa shape index (κ1) is 18.6. The van der Waals surface area contributed by atoms with Crippen LogP contribution < -0.4 is 10.1 Å². The largest absolute Gasteiger partial charge is 0.573 e. The SMILES string of the molecule is O=C=Nc1ccc(SCC(=O)Nc2ccc(OC(F)(F)F)cc2)cc1. The Bertz CT molecular complexity index is 771. The first-order chi connectivity index (χ1) is 11.9. The zero-order valence-corrected chi connectivity index (χ0v) is 13.4. The molecule has 0 radical (unpaired) electrons. The van der Waals surface area contributed by atoms with Crippen LogP contribution in [0.4, 0.5) is 24.5 Å². The van der Waals surface area contributed by atoms with Gasteiger partial charge in [0, 0.05) is 10.6 Å². The smallest absolute Gasteiger partial charge is 0.406 e. The number of alkyl halides is 3. The van der Waals surface area contributed by atoms with Gasteiger partial charge in [-0.2, -0.15) is 4.99 Å². The maximum Gasteiger partial charge on any atom is 0.573 e. The van der Waals surface area contributed by atoms with E-state index in [1.54, 1.807) is 24.3 Å². The van der Waals surface area contributed by atoms with Crippen LogP contribution >= 0.6 is 11.8 Å². The van der Waals surface area contributed by atoms with Crippen molar-refractivity contribution >= 4 is 35.1 Å². The monoisotopic (exact) mass is 368 g/mol. The van der Waals surface area contributed by atoms with Gasteiger partial charge in [-0.1, -0.05) is 0 Å². The molecule has 1 N–H and O–H groups in total. The minimum Gasteiger partial charge on any atom is -0.406 e. The van der Waals surface area contributed by atoms with Crippen molar-refractivity contribution in [3.8, 4) is 5.75 Å². The number of isocyanates is 1. The second kappa shape index (κ2) is 8.36. The van der Waals surface area contributed by atoms with E-state index in [9.17, 15) is 22.8 Å². The molecule has 130 valence electrons. The summed E-state index contributed by atoms with van der Waals surface area (Å²) in [5.41, 5.74) is 0.820. The lowest BCUT2D eigenvalue weighted by Gasteiger charge is -2.10. The van der Waals surface area contributed by atoms with Gasteiger partial charge in [-0.3, -0.25) is 4.79 Å². The lowest BCUT2D eigenvalue weighted by Crippen LogP contribution is -2.17. The molecule has 0 spiro atoms. The van der Waals surface area contributed by atoms with Crippen LogP contribution in [-0.2, 0) is 9.59 Å². The minimum atomic E-state index is -4.76. The quantitative estimate of drug-likeness (QED) is 0.469. The number of amides is 1. The molecule has 2 rings (SSSR count). The summed E-state index contributed by atoms with van der Waals surface area (Å²) in [4.78, 5) is 26.2. The Hall–Kier alpha value is -2.77. The fraction of sp³-hybridized carbons (Fsp3) is 0.125. The summed E-state index contributed by atoms with van der Waals surface area (Å²) in [6.45, 7) is 0. The molecule has 0 aliphatic heterocycles. The third-order valence-corrected chi connectivity index (χ3v) is 3.77. The number of hydrogen-bond acceptors (Lipinski definition) is 5. The van der Waals surface area contributed by atoms with Crippen molar-refractivity contribution in [3.63, 3.8) is 0 Å². The molecule has 9 heteroatoms. The van der Waals surface area contributed by atoms with E-state index >= 15 is 0 Å². The number of nitrogens with zero attached hydrogens (tertiary/aromatic N) is 1. The number of rotatable bonds is 6. The van der Waals surface area contributed by atoms with Gasteiger partial charge in [0.25, 0.3) is 0 Å². The standard InChI is InChI=1S/C16H11F3N2O3S/c17-16(18,19)24-13-5-1-12(2-6-13)21-15(23)9-25-14-7-3-11(4-8-14)20-10-22/h1-8H,9H2,(H,21,23). The molecule has 0 bridgehead atoms. The van der Waals surface area contributed by atoms with Crippen molar-refractivity contribution in [2.45, 2.75) is 11.3 Å². The Kier molecular flexibility index (Phi) is 6.21. The summed E-state index contributed by atoms with van der Waals surface area (Å²) in [7, 11) is 0. The number of ether oxygens (including phenoxy) is 1. The maximum atomic E-state index is 12.1. The molecule has 0 atom stereocenters. The molecule has 0 fully saturated rings. The number of thioether (sulfide) groups is 1. The second-order valence-corrected chi connectivity index (χ2v) is 5.65. The molecule has 2 aromatic rings. The zero-order valence-electron chi connectivity index (χ0n) is 12.5. The lowest BCUT2D eigenvalue weighted by molar-refractivity contribution is -0.274. The van der Waals surface area contributed by atoms with Gasteiger partial charge < -0.3 is 10.1 Å². The van der Waals surface area contributed by atoms with Crippen LogP contribution in [0.2, 0.25) is 0 Å². The number of aliphatic imine (C=N–C) groups is 1. The van der Waals surface area contributed by atoms with E-state index in [-0.39, 0.29) is 17.4 Å². The molecule has 25 heavy (non-hydrogen) atoms. The Labute approximate surface area is 144 Å². The predicted octanol–water partition coefficient (Wildman–Crippen LogP) is 4.28. The molecule has 0 heterocycles. The van der Waals surface area contributed by atoms with Crippen LogP contribution in [0.5, 0.6) is 5.75 Å². The van der Waals surface area contributed by atoms with E-state index in [0.29, 0.717) is 11.4 Å². The highest BCUT2D eigenvalue weighted by Gasteiger charge is 2.30. The van der Waals surface area contributed by atoms with Crippen molar-refractivity contribution in [1.82, 2.24) is 0 Å². The van der Waals surface area contributed by atoms with Crippen LogP contribution in [0, 0.1) is 0 Å². The Morgan fingerprint density at radius 1 is 1.12 bits per heavy atom. The highest BCUT2D eigenvalue weighted by Crippen LogP contribution is 2.25. The van der Waals surface area contributed by atoms with E-state index < -0.39 is 6.36 Å². The van der Waals surface area contributed by atoms with Gasteiger partial charge in [-0.15, -0.1) is 24.9 Å². The van der Waals surface area contributed by atoms with Gasteiger partial charge in [0.1, 0.15) is 5.75 Å². The van der Waals surface area contributed by atoms with Gasteiger partial charge in [0.15, 0.2) is 0 Å². The summed E-state index contributed by atoms with van der Waals surface area (Å²) in [6.07, 6.45) is -3.33. The zero-order chi connectivity index (χ0) is 18.3. The number of benzene rings is 2. The average Bonchev–Trinajstić information content (AvgIpc) is 2.55. The van der Waals surface area contributed by atoms with Gasteiger partial charge in [0.05, 0.1) is 11.4 Å². The first-order valence-corrected chi connectivity index (χ1v) is 7.81. The highest BCUT2D eigenvalue weighted by atomic mass is 32.2. The van der Waals surface area contributed by atoms with Crippen molar-refractivity contribution in [1.29, 1.82) is 0 Å². The summed E-state index contributed by atoms with van der Waals surface area (Å²) >= 11 is 1.26. The Morgan fingerprint density at radius 2 is 1.76 bits per heavy atom. The minimum absolute atomic E-state index is 0.108. The summed E-state index contributed by atoms with van der Waals surface area (Å²) in [6, 6.07) is 11.5. The summed E-state index contributed by atoms with van der Waals surface area (Å²) in [5, 5.41) is 2.57. The van der Waals surface area contributed by atoms with E-state index in [1.807, 2.05) is 0 Å². The van der Waals surface area contributed by atoms with Crippen molar-refractivity contribution < 1.29 is 27.5 Å². The molecular weight excluding hydrogens is 357 g/mol. The number of halogens is 3. The number of nitrogens with one attached hydrogen (secondary N) is 1. The van der Waals surface area contributed by atoms with E-state index in [2.05, 4.69) is 15.0 Å². The third-order valence-electron chi connectivity index (χ3n) is 2.75. The second-order valence-electron chi connectivity index (χ2n) is 4.61. The average molecular weight is 368 g/mol. The molecule has 0 aliphatic rings. The van der Waals surface area contributed by atoms with Gasteiger partial charge in [-0.05, 0) is 48.5 Å². The summed E-state index contributed by atoms with van der Waals surface area (Å²) in [5.74, 6) is -0.570. The molecule has 2 aromatic carbocycles. The maximum absolute atomic E-state index is 12.1. The van der Waals surface area contributed by atoms with Crippen LogP contribution in [0.25, 0.3) is 0 Å². The number of carbonyl (C=O) groups is 1. The summed E-state index contributed by atoms with van der Waals surface area (Å²) < 4.78 is 39.9. The normalized spacial score (nSPS) is 10.7. The van der Waals surface area contributed by atoms with E-state index in [1.165, 1.54) is 30.0 Å². The topological polar surface area (TPSA) is 67.8 Å². The molecule has 0 saturated carbocycles. The number of carbonyl (C=O) groups excluding carboxylic acids is 2. The van der Waals surface area contributed by atoms with Crippen LogP contribution in [0.1, 0.15) is 0 Å². The van der Waals surface area contributed by atoms with Gasteiger partial charge >= 0.3 is 6.36 Å². The fourth-order valence-electron chi connectivity index (χ4n) is 1.76. The molecule has 0 aromatic heterocycles. The molecule has 5 nitrogen and oxygen atoms in total. The molecule has 0 unspecified atom stereocenters.